The van der Waals surface area contributed by atoms with Gasteiger partial charge in [0.05, 0.1) is 21.5 Å². The van der Waals surface area contributed by atoms with E-state index in [4.69, 9.17) is 4.74 Å². The second-order valence-electron chi connectivity index (χ2n) is 25.3. The fourth-order valence-corrected chi connectivity index (χ4v) is 12.9. The summed E-state index contributed by atoms with van der Waals surface area (Å²) in [6.07, 6.45) is 16.7. The molecule has 0 saturated carbocycles. The van der Waals surface area contributed by atoms with E-state index in [0.717, 1.165) is 59.7 Å². The lowest BCUT2D eigenvalue weighted by Crippen LogP contribution is -2.51. The highest BCUT2D eigenvalue weighted by Crippen LogP contribution is 2.48. The van der Waals surface area contributed by atoms with E-state index in [2.05, 4.69) is 109 Å². The Kier molecular flexibility index (Phi) is 27.4. The van der Waals surface area contributed by atoms with Gasteiger partial charge in [-0.15, -0.1) is 0 Å². The van der Waals surface area contributed by atoms with Crippen molar-refractivity contribution in [2.45, 2.75) is 199 Å². The molecular formula is C71H93N5O15S. The van der Waals surface area contributed by atoms with Gasteiger partial charge in [-0.1, -0.05) is 82.0 Å². The first-order valence-corrected chi connectivity index (χ1v) is 34.0. The van der Waals surface area contributed by atoms with E-state index in [1.165, 1.54) is 23.9 Å². The quantitative estimate of drug-likeness (QED) is 0.0134. The molecule has 1 unspecified atom stereocenters. The fraction of sp³-hybridized carbons (Fsp3) is 0.507. The van der Waals surface area contributed by atoms with Gasteiger partial charge in [0, 0.05) is 97.4 Å². The summed E-state index contributed by atoms with van der Waals surface area (Å²) in [6.45, 7) is 13.5. The number of carbonyl (C=O) groups excluding carboxylic acids is 5. The van der Waals surface area contributed by atoms with E-state index in [-0.39, 0.29) is 99.5 Å². The number of amides is 3. The minimum absolute atomic E-state index is 0.0347. The van der Waals surface area contributed by atoms with Crippen LogP contribution in [0.15, 0.2) is 120 Å². The monoisotopic (exact) mass is 1290 g/mol. The number of allylic oxidation sites excluding steroid dienone is 7. The molecule has 0 saturated heterocycles. The molecule has 3 atom stereocenters. The van der Waals surface area contributed by atoms with Crippen LogP contribution in [-0.2, 0) is 49.7 Å². The van der Waals surface area contributed by atoms with Gasteiger partial charge in [0.15, 0.2) is 11.5 Å². The van der Waals surface area contributed by atoms with E-state index in [1.54, 1.807) is 6.07 Å². The van der Waals surface area contributed by atoms with Crippen molar-refractivity contribution in [1.29, 1.82) is 0 Å². The molecular weight excluding hydrogens is 1190 g/mol. The summed E-state index contributed by atoms with van der Waals surface area (Å²) in [5.74, 6) is -4.26. The van der Waals surface area contributed by atoms with Gasteiger partial charge < -0.3 is 50.3 Å². The second-order valence-corrected chi connectivity index (χ2v) is 26.8. The number of nitrogens with one attached hydrogen (secondary N) is 3. The summed E-state index contributed by atoms with van der Waals surface area (Å²) in [4.78, 5) is 100. The molecule has 2 heterocycles. The highest BCUT2D eigenvalue weighted by atomic mass is 32.2. The van der Waals surface area contributed by atoms with Crippen molar-refractivity contribution in [3.63, 3.8) is 0 Å². The van der Waals surface area contributed by atoms with E-state index in [1.807, 2.05) is 42.5 Å². The predicted octanol–water partition coefficient (Wildman–Crippen LogP) is 11.7. The van der Waals surface area contributed by atoms with Gasteiger partial charge >= 0.3 is 23.9 Å². The number of ether oxygens (including phenoxy) is 1. The molecule has 3 amide bonds. The predicted molar refractivity (Wildman–Crippen MR) is 351 cm³/mol. The van der Waals surface area contributed by atoms with Crippen molar-refractivity contribution in [3.8, 4) is 5.75 Å². The third-order valence-electron chi connectivity index (χ3n) is 17.6. The van der Waals surface area contributed by atoms with Gasteiger partial charge in [-0.2, -0.15) is 4.58 Å². The molecule has 0 fully saturated rings. The van der Waals surface area contributed by atoms with Crippen molar-refractivity contribution < 1.29 is 76.0 Å². The number of carboxylic acid groups (broad SMARTS) is 3. The van der Waals surface area contributed by atoms with Crippen LogP contribution in [0.25, 0.3) is 0 Å². The summed E-state index contributed by atoms with van der Waals surface area (Å²) in [5, 5.41) is 36.1. The zero-order valence-corrected chi connectivity index (χ0v) is 55.0. The number of benzene rings is 3. The van der Waals surface area contributed by atoms with Crippen LogP contribution in [0.1, 0.15) is 198 Å². The summed E-state index contributed by atoms with van der Waals surface area (Å²) >= 11 is 0. The Morgan fingerprint density at radius 2 is 1.35 bits per heavy atom. The number of unbranched alkanes of at least 4 members (excludes halogenated alkanes) is 6. The van der Waals surface area contributed by atoms with Crippen LogP contribution < -0.4 is 25.6 Å². The highest BCUT2D eigenvalue weighted by molar-refractivity contribution is 7.85. The minimum atomic E-state index is -4.48. The second kappa shape index (κ2) is 34.6. The zero-order chi connectivity index (χ0) is 67.2. The number of aliphatic carboxylic acids is 3. The number of ketones is 3. The molecule has 3 aromatic rings. The number of urea groups is 1. The lowest BCUT2D eigenvalue weighted by molar-refractivity contribution is -0.437. The molecule has 1 aliphatic carbocycles. The standard InChI is InChI=1S/C71H93N5O15S/c1-7-75-59-32-19-18-30-55(59)70(3,4)62(75)41-37-49-25-22-26-50(65(49)91-54-28-14-11-15-29-54)38-42-63-71(5,6)56-47-51(36-40-60(56)76(63)44-23-45-92(88,89)90)61(79)33-16-10-12-24-52(66(81)82)46-53(78)27-13-8-9-17-34-64(80)72-43-21-20-31-57(67(83)84)73-69(87)74-58(68(85)86)39-35-48(2)77/h11,14-15,18-19,28-30,32,36-38,40-42,47,52,57-58H,7-10,12-13,16-17,20-27,31,33-35,39,43-46H2,1-6H3,(H6-,72,73,74,80,81,82,83,84,85,86,87,88,89,90)/t52?,57-,58-/m0/s1. The van der Waals surface area contributed by atoms with Crippen molar-refractivity contribution >= 4 is 74.4 Å². The molecule has 3 aliphatic rings. The molecule has 20 nitrogen and oxygen atoms in total. The minimum Gasteiger partial charge on any atom is -0.748 e. The average molecular weight is 1290 g/mol. The number of fused-ring (bicyclic) bond motifs is 2. The maximum absolute atomic E-state index is 13.9. The van der Waals surface area contributed by atoms with Crippen LogP contribution >= 0.6 is 0 Å². The maximum atomic E-state index is 13.9. The lowest BCUT2D eigenvalue weighted by atomic mass is 9.80. The summed E-state index contributed by atoms with van der Waals surface area (Å²) in [6, 6.07) is 20.2. The van der Waals surface area contributed by atoms with Crippen LogP contribution in [0.3, 0.4) is 0 Å². The largest absolute Gasteiger partial charge is 0.748 e. The SMILES string of the molecule is CCN1/C(=C/C=C2\CCCC(/C=C/C3=[N+](CCCS(=O)(=O)[O-])c4ccc(C(=O)CCCCCC(CC(=O)CCCCCCC(=O)NCCCC[C@H](NC(=O)N[C@@H](CCC(C)=O)C(=O)O)C(=O)O)C(=O)O)cc4C3(C)C)=C2Oc2ccccc2)C(C)(C)c2ccccc21. The Morgan fingerprint density at radius 1 is 0.696 bits per heavy atom. The lowest BCUT2D eigenvalue weighted by Gasteiger charge is -2.26. The van der Waals surface area contributed by atoms with Crippen molar-refractivity contribution in [1.82, 2.24) is 16.0 Å². The topological polar surface area (TPSA) is 306 Å². The molecule has 3 aromatic carbocycles. The van der Waals surface area contributed by atoms with Crippen LogP contribution in [0.5, 0.6) is 5.75 Å². The number of hydrogen-bond acceptors (Lipinski definition) is 13. The van der Waals surface area contributed by atoms with Crippen molar-refractivity contribution in [2.75, 3.05) is 30.3 Å². The summed E-state index contributed by atoms with van der Waals surface area (Å²) < 4.78 is 44.4. The van der Waals surface area contributed by atoms with E-state index in [0.29, 0.717) is 69.1 Å². The van der Waals surface area contributed by atoms with Gasteiger partial charge in [-0.25, -0.2) is 22.8 Å². The highest BCUT2D eigenvalue weighted by Gasteiger charge is 2.45. The number of carbonyl (C=O) groups is 8. The van der Waals surface area contributed by atoms with Crippen LogP contribution in [-0.4, -0.2) is 123 Å². The summed E-state index contributed by atoms with van der Waals surface area (Å²) in [7, 11) is -4.48. The smallest absolute Gasteiger partial charge is 0.326 e. The number of likely N-dealkylation sites (N-methyl/N-ethyl adjacent to an activating group) is 1. The first-order valence-electron chi connectivity index (χ1n) is 32.4. The number of Topliss-reactive ketones (excluding diaryl/α,β-unsaturated/α-hetero) is 3. The van der Waals surface area contributed by atoms with Gasteiger partial charge in [0.2, 0.25) is 11.6 Å². The Hall–Kier alpha value is -8.04. The number of para-hydroxylation sites is 2. The molecule has 92 heavy (non-hydrogen) atoms. The number of nitrogens with zero attached hydrogens (tertiary/aromatic N) is 2. The number of carboxylic acids is 3. The van der Waals surface area contributed by atoms with Gasteiger partial charge in [0.1, 0.15) is 41.7 Å². The Balaban J connectivity index is 0.975. The number of anilines is 1. The average Bonchev–Trinajstić information content (AvgIpc) is 1.60. The summed E-state index contributed by atoms with van der Waals surface area (Å²) in [5.41, 5.74) is 7.98. The molecule has 6 rings (SSSR count). The number of rotatable bonds is 39. The number of hydrogen-bond donors (Lipinski definition) is 6. The molecule has 0 aromatic heterocycles. The molecule has 21 heteroatoms. The van der Waals surface area contributed by atoms with E-state index >= 15 is 0 Å². The fourth-order valence-electron chi connectivity index (χ4n) is 12.4. The Labute approximate surface area is 541 Å². The Bertz CT molecular complexity index is 3440. The van der Waals surface area contributed by atoms with Crippen LogP contribution in [0, 0.1) is 5.92 Å². The zero-order valence-electron chi connectivity index (χ0n) is 54.2. The van der Waals surface area contributed by atoms with Crippen molar-refractivity contribution in [3.05, 3.63) is 136 Å². The maximum Gasteiger partial charge on any atom is 0.326 e. The first-order chi connectivity index (χ1) is 43.7. The molecule has 0 radical (unpaired) electrons. The van der Waals surface area contributed by atoms with E-state index in [9.17, 15) is 66.6 Å². The van der Waals surface area contributed by atoms with Crippen LogP contribution in [0.4, 0.5) is 16.2 Å². The third kappa shape index (κ3) is 21.3. The van der Waals surface area contributed by atoms with Crippen LogP contribution in [0.2, 0.25) is 0 Å². The molecule has 498 valence electrons. The van der Waals surface area contributed by atoms with Gasteiger partial charge in [-0.05, 0) is 158 Å². The molecule has 0 spiro atoms. The molecule has 0 bridgehead atoms. The van der Waals surface area contributed by atoms with E-state index < -0.39 is 63.2 Å². The van der Waals surface area contributed by atoms with Gasteiger partial charge in [-0.3, -0.25) is 19.2 Å². The first kappa shape index (κ1) is 73.0. The molecule has 6 N–H and O–H groups in total. The van der Waals surface area contributed by atoms with Gasteiger partial charge in [0.25, 0.3) is 0 Å². The molecule has 2 aliphatic heterocycles. The van der Waals surface area contributed by atoms with Crippen molar-refractivity contribution in [2.24, 2.45) is 5.92 Å². The third-order valence-corrected chi connectivity index (χ3v) is 18.3. The Morgan fingerprint density at radius 3 is 2.02 bits per heavy atom. The normalized spacial score (nSPS) is 16.9.